The van der Waals surface area contributed by atoms with Crippen LogP contribution in [0.5, 0.6) is 0 Å². The quantitative estimate of drug-likeness (QED) is 0.770. The normalized spacial score (nSPS) is 21.7. The summed E-state index contributed by atoms with van der Waals surface area (Å²) in [6.07, 6.45) is -1.85. The molecule has 1 atom stereocenters. The smallest absolute Gasteiger partial charge is 0.346 e. The van der Waals surface area contributed by atoms with Gasteiger partial charge in [-0.15, -0.1) is 12.4 Å². The fourth-order valence-electron chi connectivity index (χ4n) is 1.39. The standard InChI is InChI=1S/C8H13F3N2O.ClH/c9-8(10,11)5-13-7(14)6-3-1-2-4-12-6;/h6,12H,1-5H2,(H,13,14);1H. The molecule has 0 aromatic heterocycles. The highest BCUT2D eigenvalue weighted by atomic mass is 35.5. The molecule has 1 saturated heterocycles. The van der Waals surface area contributed by atoms with Crippen LogP contribution in [0, 0.1) is 0 Å². The molecular formula is C8H14ClF3N2O. The van der Waals surface area contributed by atoms with Crippen molar-refractivity contribution in [1.29, 1.82) is 0 Å². The average molecular weight is 247 g/mol. The van der Waals surface area contributed by atoms with Gasteiger partial charge < -0.3 is 10.6 Å². The number of hydrogen-bond acceptors (Lipinski definition) is 2. The molecule has 1 heterocycles. The van der Waals surface area contributed by atoms with Crippen molar-refractivity contribution in [2.75, 3.05) is 13.1 Å². The lowest BCUT2D eigenvalue weighted by atomic mass is 10.0. The first-order chi connectivity index (χ1) is 6.49. The van der Waals surface area contributed by atoms with E-state index in [0.29, 0.717) is 13.0 Å². The molecule has 0 aliphatic carbocycles. The molecule has 1 fully saturated rings. The Balaban J connectivity index is 0.00000196. The van der Waals surface area contributed by atoms with Crippen molar-refractivity contribution in [1.82, 2.24) is 10.6 Å². The zero-order chi connectivity index (χ0) is 10.6. The summed E-state index contributed by atoms with van der Waals surface area (Å²) in [5, 5.41) is 4.74. The lowest BCUT2D eigenvalue weighted by Gasteiger charge is -2.22. The minimum atomic E-state index is -4.33. The van der Waals surface area contributed by atoms with E-state index in [-0.39, 0.29) is 12.4 Å². The SMILES string of the molecule is Cl.O=C(NCC(F)(F)F)C1CCCCN1. The van der Waals surface area contributed by atoms with Gasteiger partial charge in [0.05, 0.1) is 6.04 Å². The Morgan fingerprint density at radius 2 is 2.07 bits per heavy atom. The Morgan fingerprint density at radius 3 is 2.53 bits per heavy atom. The molecule has 0 aromatic rings. The number of piperidine rings is 1. The molecular weight excluding hydrogens is 233 g/mol. The number of amides is 1. The number of halogens is 4. The number of carbonyl (C=O) groups excluding carboxylic acids is 1. The first-order valence-electron chi connectivity index (χ1n) is 4.57. The van der Waals surface area contributed by atoms with Gasteiger partial charge in [0.15, 0.2) is 0 Å². The first-order valence-corrected chi connectivity index (χ1v) is 4.57. The van der Waals surface area contributed by atoms with Crippen molar-refractivity contribution in [3.05, 3.63) is 0 Å². The highest BCUT2D eigenvalue weighted by molar-refractivity contribution is 5.85. The zero-order valence-electron chi connectivity index (χ0n) is 8.06. The Hall–Kier alpha value is -0.490. The van der Waals surface area contributed by atoms with Crippen molar-refractivity contribution < 1.29 is 18.0 Å². The Kier molecular flexibility index (Phi) is 5.97. The molecule has 1 aliphatic rings. The van der Waals surface area contributed by atoms with Gasteiger partial charge in [-0.25, -0.2) is 0 Å². The van der Waals surface area contributed by atoms with Crippen LogP contribution in [-0.4, -0.2) is 31.2 Å². The third kappa shape index (κ3) is 5.84. The summed E-state index contributed by atoms with van der Waals surface area (Å²) in [5.41, 5.74) is 0. The van der Waals surface area contributed by atoms with E-state index in [9.17, 15) is 18.0 Å². The molecule has 2 N–H and O–H groups in total. The molecule has 3 nitrogen and oxygen atoms in total. The lowest BCUT2D eigenvalue weighted by molar-refractivity contribution is -0.139. The topological polar surface area (TPSA) is 41.1 Å². The van der Waals surface area contributed by atoms with E-state index in [1.54, 1.807) is 0 Å². The van der Waals surface area contributed by atoms with Gasteiger partial charge in [-0.3, -0.25) is 4.79 Å². The summed E-state index contributed by atoms with van der Waals surface area (Å²) in [7, 11) is 0. The van der Waals surface area contributed by atoms with E-state index < -0.39 is 24.7 Å². The monoisotopic (exact) mass is 246 g/mol. The number of hydrogen-bond donors (Lipinski definition) is 2. The highest BCUT2D eigenvalue weighted by Gasteiger charge is 2.29. The molecule has 0 bridgehead atoms. The Bertz CT molecular complexity index is 205. The van der Waals surface area contributed by atoms with Crippen LogP contribution in [-0.2, 0) is 4.79 Å². The van der Waals surface area contributed by atoms with E-state index in [1.165, 1.54) is 0 Å². The predicted octanol–water partition coefficient (Wildman–Crippen LogP) is 1.23. The second-order valence-electron chi connectivity index (χ2n) is 3.34. The molecule has 1 amide bonds. The van der Waals surface area contributed by atoms with Crippen molar-refractivity contribution >= 4 is 18.3 Å². The summed E-state index contributed by atoms with van der Waals surface area (Å²) in [6, 6.07) is -0.453. The van der Waals surface area contributed by atoms with Crippen LogP contribution in [0.25, 0.3) is 0 Å². The first kappa shape index (κ1) is 14.5. The highest BCUT2D eigenvalue weighted by Crippen LogP contribution is 2.13. The number of carbonyl (C=O) groups is 1. The number of alkyl halides is 3. The fourth-order valence-corrected chi connectivity index (χ4v) is 1.39. The van der Waals surface area contributed by atoms with Crippen LogP contribution >= 0.6 is 12.4 Å². The lowest BCUT2D eigenvalue weighted by Crippen LogP contribution is -2.48. The molecule has 90 valence electrons. The maximum Gasteiger partial charge on any atom is 0.405 e. The van der Waals surface area contributed by atoms with Gasteiger partial charge in [0.25, 0.3) is 0 Å². The number of nitrogens with one attached hydrogen (secondary N) is 2. The molecule has 1 rings (SSSR count). The second kappa shape index (κ2) is 6.17. The number of rotatable bonds is 2. The summed E-state index contributed by atoms with van der Waals surface area (Å²) in [5.74, 6) is -0.554. The van der Waals surface area contributed by atoms with Crippen molar-refractivity contribution in [2.45, 2.75) is 31.5 Å². The summed E-state index contributed by atoms with van der Waals surface area (Å²) in [4.78, 5) is 11.2. The summed E-state index contributed by atoms with van der Waals surface area (Å²) in [6.45, 7) is -0.548. The van der Waals surface area contributed by atoms with Crippen LogP contribution in [0.2, 0.25) is 0 Å². The third-order valence-electron chi connectivity index (χ3n) is 2.09. The van der Waals surface area contributed by atoms with E-state index in [1.807, 2.05) is 5.32 Å². The van der Waals surface area contributed by atoms with Gasteiger partial charge in [-0.1, -0.05) is 6.42 Å². The molecule has 0 radical (unpaired) electrons. The van der Waals surface area contributed by atoms with Crippen LogP contribution in [0.3, 0.4) is 0 Å². The Labute approximate surface area is 92.2 Å². The summed E-state index contributed by atoms with van der Waals surface area (Å²) >= 11 is 0. The van der Waals surface area contributed by atoms with Gasteiger partial charge in [0.1, 0.15) is 6.54 Å². The van der Waals surface area contributed by atoms with Gasteiger partial charge in [-0.05, 0) is 19.4 Å². The zero-order valence-corrected chi connectivity index (χ0v) is 8.88. The van der Waals surface area contributed by atoms with Crippen LogP contribution < -0.4 is 10.6 Å². The second-order valence-corrected chi connectivity index (χ2v) is 3.34. The molecule has 7 heteroatoms. The van der Waals surface area contributed by atoms with E-state index in [2.05, 4.69) is 5.32 Å². The van der Waals surface area contributed by atoms with Crippen LogP contribution in [0.4, 0.5) is 13.2 Å². The van der Waals surface area contributed by atoms with Crippen molar-refractivity contribution in [3.63, 3.8) is 0 Å². The van der Waals surface area contributed by atoms with Gasteiger partial charge in [0, 0.05) is 0 Å². The Morgan fingerprint density at radius 1 is 1.40 bits per heavy atom. The maximum atomic E-state index is 11.7. The van der Waals surface area contributed by atoms with Crippen molar-refractivity contribution in [3.8, 4) is 0 Å². The van der Waals surface area contributed by atoms with Crippen LogP contribution in [0.1, 0.15) is 19.3 Å². The van der Waals surface area contributed by atoms with Crippen LogP contribution in [0.15, 0.2) is 0 Å². The molecule has 0 spiro atoms. The minimum Gasteiger partial charge on any atom is -0.346 e. The molecule has 1 aliphatic heterocycles. The molecule has 0 saturated carbocycles. The van der Waals surface area contributed by atoms with Gasteiger partial charge in [0.2, 0.25) is 5.91 Å². The predicted molar refractivity (Wildman–Crippen MR) is 52.0 cm³/mol. The van der Waals surface area contributed by atoms with E-state index in [0.717, 1.165) is 12.8 Å². The largest absolute Gasteiger partial charge is 0.405 e. The van der Waals surface area contributed by atoms with Gasteiger partial charge in [-0.2, -0.15) is 13.2 Å². The maximum absolute atomic E-state index is 11.7. The molecule has 15 heavy (non-hydrogen) atoms. The van der Waals surface area contributed by atoms with E-state index >= 15 is 0 Å². The van der Waals surface area contributed by atoms with Crippen molar-refractivity contribution in [2.24, 2.45) is 0 Å². The average Bonchev–Trinajstić information content (AvgIpc) is 2.14. The third-order valence-corrected chi connectivity index (χ3v) is 2.09. The molecule has 0 aromatic carbocycles. The summed E-state index contributed by atoms with van der Waals surface area (Å²) < 4.78 is 35.2. The van der Waals surface area contributed by atoms with Gasteiger partial charge >= 0.3 is 6.18 Å². The minimum absolute atomic E-state index is 0. The van der Waals surface area contributed by atoms with E-state index in [4.69, 9.17) is 0 Å². The fraction of sp³-hybridized carbons (Fsp3) is 0.875. The molecule has 1 unspecified atom stereocenters.